The lowest BCUT2D eigenvalue weighted by molar-refractivity contribution is 0.203. The zero-order valence-electron chi connectivity index (χ0n) is 13.3. The topological polar surface area (TPSA) is 44.5 Å². The van der Waals surface area contributed by atoms with Crippen LogP contribution < -0.4 is 10.5 Å². The summed E-state index contributed by atoms with van der Waals surface area (Å²) in [5.74, 6) is 0.619. The quantitative estimate of drug-likeness (QED) is 0.489. The van der Waals surface area contributed by atoms with Crippen LogP contribution in [0.5, 0.6) is 5.75 Å². The van der Waals surface area contributed by atoms with E-state index in [1.165, 1.54) is 0 Å². The molecule has 0 aromatic heterocycles. The first-order valence-corrected chi connectivity index (χ1v) is 10.2. The van der Waals surface area contributed by atoms with Crippen LogP contribution in [-0.4, -0.2) is 21.5 Å². The molecule has 2 N–H and O–H groups in total. The van der Waals surface area contributed by atoms with Crippen LogP contribution in [-0.2, 0) is 4.43 Å². The average Bonchev–Trinajstić information content (AvgIpc) is 2.29. The van der Waals surface area contributed by atoms with Gasteiger partial charge in [0.2, 0.25) is 0 Å². The van der Waals surface area contributed by atoms with Gasteiger partial charge < -0.3 is 14.9 Å². The SMILES string of the molecule is Cc1cc(Cl)c(OCCO[Si](C)(C)C(C)(C)C)cc1N. The minimum Gasteiger partial charge on any atom is -0.490 e. The van der Waals surface area contributed by atoms with Gasteiger partial charge >= 0.3 is 0 Å². The number of halogens is 1. The Morgan fingerprint density at radius 3 is 2.35 bits per heavy atom. The molecule has 0 spiro atoms. The Hall–Kier alpha value is -0.713. The molecule has 1 rings (SSSR count). The number of ether oxygens (including phenoxy) is 1. The van der Waals surface area contributed by atoms with E-state index >= 15 is 0 Å². The minimum atomic E-state index is -1.71. The summed E-state index contributed by atoms with van der Waals surface area (Å²) in [6, 6.07) is 3.59. The molecular formula is C15H26ClNO2Si. The second-order valence-electron chi connectivity index (χ2n) is 6.60. The number of aryl methyl sites for hydroxylation is 1. The molecule has 0 saturated carbocycles. The Morgan fingerprint density at radius 2 is 1.80 bits per heavy atom. The fourth-order valence-electron chi connectivity index (χ4n) is 1.44. The molecule has 1 aromatic rings. The third kappa shape index (κ3) is 4.40. The van der Waals surface area contributed by atoms with Crippen LogP contribution in [0, 0.1) is 6.92 Å². The van der Waals surface area contributed by atoms with Crippen LogP contribution in [0.3, 0.4) is 0 Å². The Kier molecular flexibility index (Phi) is 5.52. The van der Waals surface area contributed by atoms with Crippen molar-refractivity contribution in [1.29, 1.82) is 0 Å². The molecule has 0 aliphatic rings. The largest absolute Gasteiger partial charge is 0.490 e. The number of benzene rings is 1. The molecular weight excluding hydrogens is 290 g/mol. The van der Waals surface area contributed by atoms with Crippen molar-refractivity contribution in [2.24, 2.45) is 0 Å². The van der Waals surface area contributed by atoms with Gasteiger partial charge in [0.15, 0.2) is 8.32 Å². The number of nitrogen functional groups attached to an aromatic ring is 1. The molecule has 0 amide bonds. The molecule has 3 nitrogen and oxygen atoms in total. The predicted octanol–water partition coefficient (Wildman–Crippen LogP) is 4.63. The fraction of sp³-hybridized carbons (Fsp3) is 0.600. The van der Waals surface area contributed by atoms with Gasteiger partial charge in [-0.25, -0.2) is 0 Å². The molecule has 5 heteroatoms. The zero-order valence-corrected chi connectivity index (χ0v) is 15.1. The van der Waals surface area contributed by atoms with Crippen LogP contribution in [0.2, 0.25) is 23.2 Å². The molecule has 20 heavy (non-hydrogen) atoms. The molecule has 0 bridgehead atoms. The van der Waals surface area contributed by atoms with Gasteiger partial charge in [-0.1, -0.05) is 32.4 Å². The van der Waals surface area contributed by atoms with Crippen molar-refractivity contribution < 1.29 is 9.16 Å². The lowest BCUT2D eigenvalue weighted by Crippen LogP contribution is -2.41. The Balaban J connectivity index is 2.52. The minimum absolute atomic E-state index is 0.207. The number of rotatable bonds is 5. The molecule has 0 radical (unpaired) electrons. The summed E-state index contributed by atoms with van der Waals surface area (Å²) in [6.45, 7) is 14.1. The van der Waals surface area contributed by atoms with Crippen LogP contribution >= 0.6 is 11.6 Å². The molecule has 0 aliphatic carbocycles. The molecule has 0 unspecified atom stereocenters. The first kappa shape index (κ1) is 17.3. The van der Waals surface area contributed by atoms with Crippen LogP contribution in [0.4, 0.5) is 5.69 Å². The Morgan fingerprint density at radius 1 is 1.20 bits per heavy atom. The molecule has 114 valence electrons. The lowest BCUT2D eigenvalue weighted by atomic mass is 10.2. The fourth-order valence-corrected chi connectivity index (χ4v) is 2.74. The van der Waals surface area contributed by atoms with Gasteiger partial charge in [-0.05, 0) is 36.7 Å². The maximum atomic E-state index is 6.13. The summed E-state index contributed by atoms with van der Waals surface area (Å²) in [5, 5.41) is 0.794. The monoisotopic (exact) mass is 315 g/mol. The van der Waals surface area contributed by atoms with E-state index in [1.807, 2.05) is 13.0 Å². The lowest BCUT2D eigenvalue weighted by Gasteiger charge is -2.36. The van der Waals surface area contributed by atoms with E-state index in [2.05, 4.69) is 33.9 Å². The highest BCUT2D eigenvalue weighted by molar-refractivity contribution is 6.74. The van der Waals surface area contributed by atoms with Crippen molar-refractivity contribution in [3.05, 3.63) is 22.7 Å². The maximum absolute atomic E-state index is 6.13. The highest BCUT2D eigenvalue weighted by Crippen LogP contribution is 2.36. The van der Waals surface area contributed by atoms with E-state index in [1.54, 1.807) is 6.07 Å². The van der Waals surface area contributed by atoms with Gasteiger partial charge in [-0.15, -0.1) is 0 Å². The Bertz CT molecular complexity index is 470. The summed E-state index contributed by atoms with van der Waals surface area (Å²) < 4.78 is 11.7. The van der Waals surface area contributed by atoms with Crippen molar-refractivity contribution in [2.75, 3.05) is 18.9 Å². The van der Waals surface area contributed by atoms with Crippen molar-refractivity contribution in [3.63, 3.8) is 0 Å². The summed E-state index contributed by atoms with van der Waals surface area (Å²) >= 11 is 6.13. The van der Waals surface area contributed by atoms with Crippen LogP contribution in [0.25, 0.3) is 0 Å². The van der Waals surface area contributed by atoms with Gasteiger partial charge in [0.25, 0.3) is 0 Å². The highest BCUT2D eigenvalue weighted by atomic mass is 35.5. The first-order valence-electron chi connectivity index (χ1n) is 6.87. The summed E-state index contributed by atoms with van der Waals surface area (Å²) in [4.78, 5) is 0. The molecule has 0 aliphatic heterocycles. The number of anilines is 1. The van der Waals surface area contributed by atoms with Gasteiger partial charge in [0, 0.05) is 11.8 Å². The predicted molar refractivity (Wildman–Crippen MR) is 89.2 cm³/mol. The number of nitrogens with two attached hydrogens (primary N) is 1. The molecule has 0 saturated heterocycles. The van der Waals surface area contributed by atoms with E-state index in [9.17, 15) is 0 Å². The smallest absolute Gasteiger partial charge is 0.192 e. The first-order chi connectivity index (χ1) is 9.04. The number of hydrogen-bond acceptors (Lipinski definition) is 3. The maximum Gasteiger partial charge on any atom is 0.192 e. The van der Waals surface area contributed by atoms with Crippen molar-refractivity contribution >= 4 is 25.6 Å². The van der Waals surface area contributed by atoms with E-state index in [-0.39, 0.29) is 5.04 Å². The van der Waals surface area contributed by atoms with E-state index in [0.29, 0.717) is 29.7 Å². The number of hydrogen-bond donors (Lipinski definition) is 1. The van der Waals surface area contributed by atoms with Gasteiger partial charge in [0.05, 0.1) is 11.6 Å². The molecule has 0 atom stereocenters. The highest BCUT2D eigenvalue weighted by Gasteiger charge is 2.36. The van der Waals surface area contributed by atoms with Crippen molar-refractivity contribution in [1.82, 2.24) is 0 Å². The Labute approximate surface area is 128 Å². The van der Waals surface area contributed by atoms with E-state index < -0.39 is 8.32 Å². The van der Waals surface area contributed by atoms with Gasteiger partial charge in [-0.2, -0.15) is 0 Å². The van der Waals surface area contributed by atoms with Crippen molar-refractivity contribution in [2.45, 2.75) is 45.8 Å². The summed E-state index contributed by atoms with van der Waals surface area (Å²) in [7, 11) is -1.71. The van der Waals surface area contributed by atoms with Crippen LogP contribution in [0.15, 0.2) is 12.1 Å². The molecule has 0 heterocycles. The second-order valence-corrected chi connectivity index (χ2v) is 11.8. The van der Waals surface area contributed by atoms with Gasteiger partial charge in [-0.3, -0.25) is 0 Å². The third-order valence-corrected chi connectivity index (χ3v) is 8.76. The van der Waals surface area contributed by atoms with Crippen molar-refractivity contribution in [3.8, 4) is 5.75 Å². The third-order valence-electron chi connectivity index (χ3n) is 3.93. The second kappa shape index (κ2) is 6.37. The van der Waals surface area contributed by atoms with E-state index in [4.69, 9.17) is 26.5 Å². The zero-order chi connectivity index (χ0) is 15.6. The molecule has 0 fully saturated rings. The summed E-state index contributed by atoms with van der Waals surface area (Å²) in [6.07, 6.45) is 0. The standard InChI is InChI=1S/C15H26ClNO2Si/c1-11-9-12(16)14(10-13(11)17)18-7-8-19-20(5,6)15(2,3)4/h9-10H,7-8,17H2,1-6H3. The molecule has 1 aromatic carbocycles. The normalized spacial score (nSPS) is 12.6. The average molecular weight is 316 g/mol. The van der Waals surface area contributed by atoms with Gasteiger partial charge in [0.1, 0.15) is 12.4 Å². The van der Waals surface area contributed by atoms with E-state index in [0.717, 1.165) is 5.56 Å². The van der Waals surface area contributed by atoms with Crippen LogP contribution in [0.1, 0.15) is 26.3 Å². The summed E-state index contributed by atoms with van der Waals surface area (Å²) in [5.41, 5.74) is 7.50.